The highest BCUT2D eigenvalue weighted by atomic mass is 127. The Hall–Kier alpha value is -1.09. The monoisotopic (exact) mass is 458 g/mol. The number of guanidine groups is 1. The Labute approximate surface area is 166 Å². The lowest BCUT2D eigenvalue weighted by atomic mass is 9.82. The summed E-state index contributed by atoms with van der Waals surface area (Å²) in [5, 5.41) is 3.45. The molecule has 25 heavy (non-hydrogen) atoms. The van der Waals surface area contributed by atoms with Gasteiger partial charge in [-0.25, -0.2) is 9.98 Å². The third-order valence-electron chi connectivity index (χ3n) is 5.51. The maximum Gasteiger partial charge on any atom is 0.213 e. The molecular formula is C18H27IN4O2. The second kappa shape index (κ2) is 8.07. The molecule has 0 spiro atoms. The molecule has 3 fully saturated rings. The molecule has 7 heteroatoms. The second-order valence-corrected chi connectivity index (χ2v) is 6.90. The van der Waals surface area contributed by atoms with Crippen molar-refractivity contribution >= 4 is 29.9 Å². The van der Waals surface area contributed by atoms with E-state index < -0.39 is 0 Å². The van der Waals surface area contributed by atoms with Gasteiger partial charge in [0, 0.05) is 43.7 Å². The van der Waals surface area contributed by atoms with Crippen LogP contribution in [0.25, 0.3) is 0 Å². The molecule has 4 unspecified atom stereocenters. The average molecular weight is 458 g/mol. The van der Waals surface area contributed by atoms with Crippen molar-refractivity contribution in [3.8, 4) is 5.88 Å². The number of aliphatic imine (C=N–C) groups is 1. The molecule has 1 N–H and O–H groups in total. The first-order valence-electron chi connectivity index (χ1n) is 8.96. The number of halogens is 1. The van der Waals surface area contributed by atoms with Gasteiger partial charge in [-0.05, 0) is 31.4 Å². The van der Waals surface area contributed by atoms with Crippen molar-refractivity contribution in [1.29, 1.82) is 0 Å². The second-order valence-electron chi connectivity index (χ2n) is 6.90. The summed E-state index contributed by atoms with van der Waals surface area (Å²) >= 11 is 0. The SMILES string of the molecule is CCNC(=NCc1ccnc(OC)c1)N1CC2C3CCC(O3)C2C1.I. The molecule has 0 aliphatic carbocycles. The molecule has 1 aromatic rings. The van der Waals surface area contributed by atoms with Crippen molar-refractivity contribution < 1.29 is 9.47 Å². The van der Waals surface area contributed by atoms with E-state index in [0.717, 1.165) is 31.2 Å². The lowest BCUT2D eigenvalue weighted by molar-refractivity contribution is 0.0767. The summed E-state index contributed by atoms with van der Waals surface area (Å²) in [4.78, 5) is 11.4. The number of hydrogen-bond donors (Lipinski definition) is 1. The van der Waals surface area contributed by atoms with Crippen LogP contribution in [0.4, 0.5) is 0 Å². The van der Waals surface area contributed by atoms with Crippen molar-refractivity contribution in [1.82, 2.24) is 15.2 Å². The van der Waals surface area contributed by atoms with Gasteiger partial charge in [-0.3, -0.25) is 0 Å². The minimum Gasteiger partial charge on any atom is -0.481 e. The van der Waals surface area contributed by atoms with Crippen LogP contribution in [-0.2, 0) is 11.3 Å². The van der Waals surface area contributed by atoms with Gasteiger partial charge in [0.05, 0.1) is 25.9 Å². The topological polar surface area (TPSA) is 59.0 Å². The van der Waals surface area contributed by atoms with E-state index in [1.165, 1.54) is 12.8 Å². The van der Waals surface area contributed by atoms with Crippen LogP contribution in [0.2, 0.25) is 0 Å². The number of aromatic nitrogens is 1. The Kier molecular flexibility index (Phi) is 6.04. The summed E-state index contributed by atoms with van der Waals surface area (Å²) < 4.78 is 11.3. The quantitative estimate of drug-likeness (QED) is 0.427. The molecule has 4 atom stereocenters. The molecule has 4 rings (SSSR count). The van der Waals surface area contributed by atoms with E-state index >= 15 is 0 Å². The van der Waals surface area contributed by atoms with Gasteiger partial charge in [0.1, 0.15) is 0 Å². The number of methoxy groups -OCH3 is 1. The Morgan fingerprint density at radius 2 is 2.08 bits per heavy atom. The van der Waals surface area contributed by atoms with E-state index in [4.69, 9.17) is 14.5 Å². The van der Waals surface area contributed by atoms with Gasteiger partial charge in [0.25, 0.3) is 0 Å². The fourth-order valence-corrected chi connectivity index (χ4v) is 4.39. The predicted molar refractivity (Wildman–Crippen MR) is 107 cm³/mol. The zero-order valence-electron chi connectivity index (χ0n) is 14.9. The first kappa shape index (κ1) is 18.7. The van der Waals surface area contributed by atoms with E-state index in [9.17, 15) is 0 Å². The summed E-state index contributed by atoms with van der Waals surface area (Å²) in [6.07, 6.45) is 5.22. The molecule has 6 nitrogen and oxygen atoms in total. The fourth-order valence-electron chi connectivity index (χ4n) is 4.39. The first-order chi connectivity index (χ1) is 11.8. The van der Waals surface area contributed by atoms with Crippen molar-refractivity contribution in [2.24, 2.45) is 16.8 Å². The molecule has 4 heterocycles. The first-order valence-corrected chi connectivity index (χ1v) is 8.96. The number of likely N-dealkylation sites (tertiary alicyclic amines) is 1. The van der Waals surface area contributed by atoms with Crippen molar-refractivity contribution in [3.05, 3.63) is 23.9 Å². The van der Waals surface area contributed by atoms with Crippen molar-refractivity contribution in [3.63, 3.8) is 0 Å². The zero-order chi connectivity index (χ0) is 16.5. The van der Waals surface area contributed by atoms with Crippen LogP contribution in [0.15, 0.2) is 23.3 Å². The van der Waals surface area contributed by atoms with Gasteiger partial charge in [0.15, 0.2) is 5.96 Å². The van der Waals surface area contributed by atoms with Crippen LogP contribution in [0.1, 0.15) is 25.3 Å². The third-order valence-corrected chi connectivity index (χ3v) is 5.51. The number of nitrogens with one attached hydrogen (secondary N) is 1. The highest BCUT2D eigenvalue weighted by Gasteiger charge is 2.53. The Morgan fingerprint density at radius 1 is 1.36 bits per heavy atom. The molecule has 3 aliphatic rings. The molecule has 0 amide bonds. The summed E-state index contributed by atoms with van der Waals surface area (Å²) in [5.74, 6) is 3.03. The Morgan fingerprint density at radius 3 is 2.72 bits per heavy atom. The van der Waals surface area contributed by atoms with E-state index in [1.54, 1.807) is 13.3 Å². The fraction of sp³-hybridized carbons (Fsp3) is 0.667. The maximum atomic E-state index is 6.07. The molecule has 3 saturated heterocycles. The molecule has 0 saturated carbocycles. The number of fused-ring (bicyclic) bond motifs is 5. The smallest absolute Gasteiger partial charge is 0.213 e. The van der Waals surface area contributed by atoms with Crippen LogP contribution in [0.5, 0.6) is 5.88 Å². The molecule has 0 aromatic carbocycles. The number of rotatable bonds is 4. The summed E-state index contributed by atoms with van der Waals surface area (Å²) in [7, 11) is 1.64. The highest BCUT2D eigenvalue weighted by Crippen LogP contribution is 2.47. The normalized spacial score (nSPS) is 30.2. The largest absolute Gasteiger partial charge is 0.481 e. The lowest BCUT2D eigenvalue weighted by Gasteiger charge is -2.23. The molecular weight excluding hydrogens is 431 g/mol. The maximum absolute atomic E-state index is 6.07. The van der Waals surface area contributed by atoms with Crippen molar-refractivity contribution in [2.75, 3.05) is 26.7 Å². The van der Waals surface area contributed by atoms with Crippen LogP contribution in [0, 0.1) is 11.8 Å². The third kappa shape index (κ3) is 3.72. The number of hydrogen-bond acceptors (Lipinski definition) is 4. The molecule has 138 valence electrons. The van der Waals surface area contributed by atoms with Crippen LogP contribution in [-0.4, -0.2) is 54.8 Å². The Bertz CT molecular complexity index is 609. The van der Waals surface area contributed by atoms with Crippen molar-refractivity contribution in [2.45, 2.75) is 38.5 Å². The van der Waals surface area contributed by atoms with E-state index in [0.29, 0.717) is 36.5 Å². The summed E-state index contributed by atoms with van der Waals surface area (Å²) in [5.41, 5.74) is 1.11. The van der Waals surface area contributed by atoms with E-state index in [-0.39, 0.29) is 24.0 Å². The van der Waals surface area contributed by atoms with Crippen LogP contribution >= 0.6 is 24.0 Å². The predicted octanol–water partition coefficient (Wildman–Crippen LogP) is 2.28. The van der Waals surface area contributed by atoms with Crippen LogP contribution in [0.3, 0.4) is 0 Å². The van der Waals surface area contributed by atoms with E-state index in [1.807, 2.05) is 12.1 Å². The number of pyridine rings is 1. The molecule has 1 aromatic heterocycles. The van der Waals surface area contributed by atoms with Gasteiger partial charge in [-0.2, -0.15) is 0 Å². The van der Waals surface area contributed by atoms with Gasteiger partial charge >= 0.3 is 0 Å². The lowest BCUT2D eigenvalue weighted by Crippen LogP contribution is -2.41. The highest BCUT2D eigenvalue weighted by molar-refractivity contribution is 14.0. The van der Waals surface area contributed by atoms with Gasteiger partial charge < -0.3 is 19.7 Å². The van der Waals surface area contributed by atoms with Crippen LogP contribution < -0.4 is 10.1 Å². The standard InChI is InChI=1S/C18H26N4O2.HI/c1-3-19-18(21-9-12-6-7-20-17(8-12)23-2)22-10-13-14(11-22)16-5-4-15(13)24-16;/h6-8,13-16H,3-5,9-11H2,1-2H3,(H,19,21);1H. The van der Waals surface area contributed by atoms with Gasteiger partial charge in [0.2, 0.25) is 5.88 Å². The molecule has 0 radical (unpaired) electrons. The average Bonchev–Trinajstić information content (AvgIpc) is 3.31. The Balaban J connectivity index is 0.00000182. The van der Waals surface area contributed by atoms with E-state index in [2.05, 4.69) is 22.1 Å². The zero-order valence-corrected chi connectivity index (χ0v) is 17.2. The number of nitrogens with zero attached hydrogens (tertiary/aromatic N) is 3. The van der Waals surface area contributed by atoms with Gasteiger partial charge in [-0.15, -0.1) is 24.0 Å². The number of ether oxygens (including phenoxy) is 2. The minimum absolute atomic E-state index is 0. The summed E-state index contributed by atoms with van der Waals surface area (Å²) in [6, 6.07) is 3.93. The molecule has 3 aliphatic heterocycles. The minimum atomic E-state index is 0. The summed E-state index contributed by atoms with van der Waals surface area (Å²) in [6.45, 7) is 5.77. The van der Waals surface area contributed by atoms with Gasteiger partial charge in [-0.1, -0.05) is 0 Å². The molecule has 2 bridgehead atoms.